The molecule has 1 amide bonds. The Hall–Kier alpha value is -3.60. The van der Waals surface area contributed by atoms with Crippen LogP contribution in [-0.2, 0) is 17.9 Å². The van der Waals surface area contributed by atoms with Crippen LogP contribution >= 0.6 is 0 Å². The van der Waals surface area contributed by atoms with Crippen molar-refractivity contribution in [1.29, 1.82) is 0 Å². The van der Waals surface area contributed by atoms with Crippen molar-refractivity contribution in [3.05, 3.63) is 119 Å². The van der Waals surface area contributed by atoms with Crippen molar-refractivity contribution in [2.24, 2.45) is 5.92 Å². The monoisotopic (exact) mass is 442 g/mol. The number of carbonyl (C=O) groups excluding carboxylic acids is 1. The first-order valence-corrected chi connectivity index (χ1v) is 11.3. The first-order valence-electron chi connectivity index (χ1n) is 11.3. The maximum absolute atomic E-state index is 13.8. The minimum atomic E-state index is -0.336. The summed E-state index contributed by atoms with van der Waals surface area (Å²) in [4.78, 5) is 17.3. The molecule has 0 aromatic heterocycles. The highest BCUT2D eigenvalue weighted by molar-refractivity contribution is 5.70. The number of ether oxygens (including phenoxy) is 1. The van der Waals surface area contributed by atoms with Gasteiger partial charge in [-0.2, -0.15) is 0 Å². The Balaban J connectivity index is 1.41. The summed E-state index contributed by atoms with van der Waals surface area (Å²) in [6.07, 6.45) is 1.85. The summed E-state index contributed by atoms with van der Waals surface area (Å²) >= 11 is 0. The van der Waals surface area contributed by atoms with E-state index in [1.54, 1.807) is 11.0 Å². The Morgan fingerprint density at radius 1 is 0.970 bits per heavy atom. The number of aryl methyl sites for hydroxylation is 1. The number of amides is 1. The highest BCUT2D eigenvalue weighted by atomic mass is 19.1. The fraction of sp³-hybridized carbons (Fsp3) is 0.250. The number of likely N-dealkylation sites (tertiary alicyclic amines) is 1. The zero-order valence-electron chi connectivity index (χ0n) is 18.7. The van der Waals surface area contributed by atoms with Crippen molar-refractivity contribution in [2.75, 3.05) is 13.1 Å². The lowest BCUT2D eigenvalue weighted by molar-refractivity contribution is 0.0915. The van der Waals surface area contributed by atoms with Gasteiger partial charge in [0.2, 0.25) is 0 Å². The highest BCUT2D eigenvalue weighted by Gasteiger charge is 2.45. The van der Waals surface area contributed by atoms with E-state index < -0.39 is 0 Å². The van der Waals surface area contributed by atoms with Crippen LogP contribution in [0.3, 0.4) is 0 Å². The molecule has 5 heteroatoms. The van der Waals surface area contributed by atoms with Crippen LogP contribution in [0.25, 0.3) is 0 Å². The average Bonchev–Trinajstić information content (AvgIpc) is 3.36. The number of hydrogen-bond donors (Lipinski definition) is 0. The Bertz CT molecular complexity index is 1160. The molecular formula is C28H27FN2O2. The molecule has 5 rings (SSSR count). The summed E-state index contributed by atoms with van der Waals surface area (Å²) in [5.74, 6) is -0.0393. The van der Waals surface area contributed by atoms with Crippen molar-refractivity contribution in [2.45, 2.75) is 26.1 Å². The van der Waals surface area contributed by atoms with Gasteiger partial charge in [-0.25, -0.2) is 9.18 Å². The number of hydrogen-bond acceptors (Lipinski definition) is 3. The van der Waals surface area contributed by atoms with Crippen molar-refractivity contribution < 1.29 is 13.9 Å². The van der Waals surface area contributed by atoms with Crippen LogP contribution < -0.4 is 0 Å². The van der Waals surface area contributed by atoms with Gasteiger partial charge in [0, 0.05) is 31.8 Å². The number of carbonyl (C=O) groups is 1. The van der Waals surface area contributed by atoms with Crippen LogP contribution in [0.4, 0.5) is 9.18 Å². The first-order chi connectivity index (χ1) is 16.1. The van der Waals surface area contributed by atoms with Crippen molar-refractivity contribution >= 4 is 6.09 Å². The van der Waals surface area contributed by atoms with Gasteiger partial charge >= 0.3 is 6.09 Å². The van der Waals surface area contributed by atoms with Crippen LogP contribution in [0, 0.1) is 18.7 Å². The molecule has 1 fully saturated rings. The lowest BCUT2D eigenvalue weighted by Gasteiger charge is -2.27. The molecule has 0 bridgehead atoms. The van der Waals surface area contributed by atoms with Gasteiger partial charge in [0.05, 0.1) is 6.04 Å². The summed E-state index contributed by atoms with van der Waals surface area (Å²) in [5.41, 5.74) is 5.18. The van der Waals surface area contributed by atoms with Gasteiger partial charge in [-0.05, 0) is 46.9 Å². The van der Waals surface area contributed by atoms with E-state index in [4.69, 9.17) is 4.74 Å². The molecule has 0 aliphatic carbocycles. The third-order valence-corrected chi connectivity index (χ3v) is 6.50. The molecule has 4 nitrogen and oxygen atoms in total. The second-order valence-electron chi connectivity index (χ2n) is 8.84. The smallest absolute Gasteiger partial charge is 0.410 e. The molecule has 0 spiro atoms. The van der Waals surface area contributed by atoms with E-state index in [0.717, 1.165) is 29.8 Å². The molecule has 2 heterocycles. The van der Waals surface area contributed by atoms with E-state index in [9.17, 15) is 9.18 Å². The average molecular weight is 443 g/mol. The van der Waals surface area contributed by atoms with Gasteiger partial charge in [0.25, 0.3) is 0 Å². The van der Waals surface area contributed by atoms with Gasteiger partial charge in [-0.3, -0.25) is 4.90 Å². The molecule has 2 atom stereocenters. The first kappa shape index (κ1) is 21.3. The minimum Gasteiger partial charge on any atom is -0.445 e. The van der Waals surface area contributed by atoms with Crippen molar-refractivity contribution in [3.8, 4) is 0 Å². The maximum atomic E-state index is 13.8. The van der Waals surface area contributed by atoms with E-state index in [2.05, 4.69) is 35.4 Å². The summed E-state index contributed by atoms with van der Waals surface area (Å²) in [7, 11) is 0. The zero-order valence-corrected chi connectivity index (χ0v) is 18.7. The summed E-state index contributed by atoms with van der Waals surface area (Å²) in [6, 6.07) is 24.6. The third kappa shape index (κ3) is 4.49. The molecular weight excluding hydrogens is 415 g/mol. The Morgan fingerprint density at radius 3 is 2.36 bits per heavy atom. The fourth-order valence-electron chi connectivity index (χ4n) is 4.94. The molecule has 0 radical (unpaired) electrons. The molecule has 33 heavy (non-hydrogen) atoms. The lowest BCUT2D eigenvalue weighted by atomic mass is 9.93. The van der Waals surface area contributed by atoms with Crippen LogP contribution in [0.2, 0.25) is 0 Å². The lowest BCUT2D eigenvalue weighted by Crippen LogP contribution is -2.34. The summed E-state index contributed by atoms with van der Waals surface area (Å²) < 4.78 is 19.5. The van der Waals surface area contributed by atoms with Crippen molar-refractivity contribution in [1.82, 2.24) is 9.80 Å². The Labute approximate surface area is 193 Å². The molecule has 2 unspecified atom stereocenters. The third-order valence-electron chi connectivity index (χ3n) is 6.50. The van der Waals surface area contributed by atoms with E-state index in [1.165, 1.54) is 23.3 Å². The van der Waals surface area contributed by atoms with Crippen LogP contribution in [-0.4, -0.2) is 29.0 Å². The molecule has 3 aromatic rings. The fourth-order valence-corrected chi connectivity index (χ4v) is 4.94. The molecule has 1 saturated heterocycles. The SMILES string of the molecule is Cc1cc(F)ccc1C1C2=CN(Cc3ccccc3)CC2CN1C(=O)OCc1ccccc1. The normalized spacial score (nSPS) is 19.4. The van der Waals surface area contributed by atoms with Crippen LogP contribution in [0.1, 0.15) is 28.3 Å². The molecule has 2 aliphatic heterocycles. The standard InChI is InChI=1S/C28H27FN2O2/c1-20-14-24(29)12-13-25(20)27-26-18-30(15-21-8-4-2-5-9-21)16-23(26)17-31(27)28(32)33-19-22-10-6-3-7-11-22/h2-14,18,23,27H,15-17,19H2,1H3. The number of benzene rings is 3. The second-order valence-corrected chi connectivity index (χ2v) is 8.84. The van der Waals surface area contributed by atoms with Gasteiger partial charge in [-0.1, -0.05) is 66.7 Å². The Kier molecular flexibility index (Phi) is 5.86. The van der Waals surface area contributed by atoms with Crippen LogP contribution in [0.5, 0.6) is 0 Å². The summed E-state index contributed by atoms with van der Waals surface area (Å²) in [5, 5.41) is 0. The Morgan fingerprint density at radius 2 is 1.67 bits per heavy atom. The van der Waals surface area contributed by atoms with Gasteiger partial charge < -0.3 is 9.64 Å². The summed E-state index contributed by atoms with van der Waals surface area (Å²) in [6.45, 7) is 4.40. The molecule has 0 saturated carbocycles. The predicted molar refractivity (Wildman–Crippen MR) is 126 cm³/mol. The second kappa shape index (κ2) is 9.10. The molecule has 2 aliphatic rings. The molecule has 168 valence electrons. The van der Waals surface area contributed by atoms with E-state index in [1.807, 2.05) is 43.3 Å². The van der Waals surface area contributed by atoms with Gasteiger partial charge in [0.15, 0.2) is 0 Å². The quantitative estimate of drug-likeness (QED) is 0.497. The van der Waals surface area contributed by atoms with E-state index in [-0.39, 0.29) is 30.5 Å². The van der Waals surface area contributed by atoms with Gasteiger partial charge in [0.1, 0.15) is 12.4 Å². The maximum Gasteiger partial charge on any atom is 0.410 e. The predicted octanol–water partition coefficient (Wildman–Crippen LogP) is 5.84. The highest BCUT2D eigenvalue weighted by Crippen LogP contribution is 2.45. The number of nitrogens with zero attached hydrogens (tertiary/aromatic N) is 2. The van der Waals surface area contributed by atoms with Crippen LogP contribution in [0.15, 0.2) is 90.6 Å². The largest absolute Gasteiger partial charge is 0.445 e. The number of fused-ring (bicyclic) bond motifs is 1. The topological polar surface area (TPSA) is 32.8 Å². The number of halogens is 1. The molecule has 3 aromatic carbocycles. The van der Waals surface area contributed by atoms with Crippen molar-refractivity contribution in [3.63, 3.8) is 0 Å². The minimum absolute atomic E-state index is 0.229. The van der Waals surface area contributed by atoms with E-state index >= 15 is 0 Å². The number of rotatable bonds is 5. The molecule has 0 N–H and O–H groups in total. The van der Waals surface area contributed by atoms with E-state index in [0.29, 0.717) is 6.54 Å². The van der Waals surface area contributed by atoms with Gasteiger partial charge in [-0.15, -0.1) is 0 Å². The zero-order chi connectivity index (χ0) is 22.8.